The van der Waals surface area contributed by atoms with Crippen LogP contribution in [0.25, 0.3) is 0 Å². The van der Waals surface area contributed by atoms with Crippen LogP contribution < -0.4 is 10.6 Å². The van der Waals surface area contributed by atoms with Crippen LogP contribution in [-0.4, -0.2) is 42.1 Å². The van der Waals surface area contributed by atoms with Crippen LogP contribution >= 0.6 is 0 Å². The highest BCUT2D eigenvalue weighted by Gasteiger charge is 2.43. The van der Waals surface area contributed by atoms with Crippen LogP contribution in [0.15, 0.2) is 41.4 Å². The predicted molar refractivity (Wildman–Crippen MR) is 94.2 cm³/mol. The van der Waals surface area contributed by atoms with Gasteiger partial charge in [0.2, 0.25) is 11.7 Å². The van der Waals surface area contributed by atoms with E-state index in [4.69, 9.17) is 5.26 Å². The van der Waals surface area contributed by atoms with Gasteiger partial charge in [-0.2, -0.15) is 18.4 Å². The van der Waals surface area contributed by atoms with Crippen molar-refractivity contribution in [3.63, 3.8) is 0 Å². The zero-order valence-corrected chi connectivity index (χ0v) is 15.5. The zero-order chi connectivity index (χ0) is 21.2. The summed E-state index contributed by atoms with van der Waals surface area (Å²) in [6.45, 7) is -0.181. The van der Waals surface area contributed by atoms with Gasteiger partial charge in [-0.15, -0.1) is 0 Å². The topological polar surface area (TPSA) is 125 Å². The van der Waals surface area contributed by atoms with Crippen molar-refractivity contribution in [3.05, 3.63) is 47.9 Å². The highest BCUT2D eigenvalue weighted by molar-refractivity contribution is 7.92. The summed E-state index contributed by atoms with van der Waals surface area (Å²) in [6, 6.07) is 6.06. The molecule has 1 amide bonds. The molecule has 2 aromatic rings. The maximum absolute atomic E-state index is 13.2. The van der Waals surface area contributed by atoms with E-state index in [2.05, 4.69) is 20.6 Å². The van der Waals surface area contributed by atoms with Crippen LogP contribution in [0.4, 0.5) is 19.0 Å². The van der Waals surface area contributed by atoms with Crippen molar-refractivity contribution in [1.29, 1.82) is 5.26 Å². The number of nitrogens with zero attached hydrogens (tertiary/aromatic N) is 3. The average molecular weight is 425 g/mol. The van der Waals surface area contributed by atoms with E-state index in [1.807, 2.05) is 0 Å². The van der Waals surface area contributed by atoms with Gasteiger partial charge in [0.05, 0.1) is 21.8 Å². The molecule has 8 nitrogen and oxygen atoms in total. The van der Waals surface area contributed by atoms with E-state index in [9.17, 15) is 26.4 Å². The lowest BCUT2D eigenvalue weighted by Crippen LogP contribution is -2.35. The molecule has 0 saturated carbocycles. The molecule has 0 spiro atoms. The van der Waals surface area contributed by atoms with Crippen LogP contribution in [0.3, 0.4) is 0 Å². The van der Waals surface area contributed by atoms with Crippen LogP contribution in [0.5, 0.6) is 0 Å². The van der Waals surface area contributed by atoms with E-state index in [-0.39, 0.29) is 24.6 Å². The third kappa shape index (κ3) is 4.36. The molecule has 0 unspecified atom stereocenters. The van der Waals surface area contributed by atoms with E-state index in [1.54, 1.807) is 6.07 Å². The summed E-state index contributed by atoms with van der Waals surface area (Å²) in [5.74, 6) is -0.724. The number of hydrogen-bond acceptors (Lipinski definition) is 7. The van der Waals surface area contributed by atoms with E-state index in [1.165, 1.54) is 18.3 Å². The number of anilines is 1. The average Bonchev–Trinajstić information content (AvgIpc) is 3.19. The molecule has 1 aliphatic rings. The summed E-state index contributed by atoms with van der Waals surface area (Å²) in [5.41, 5.74) is -1.24. The zero-order valence-electron chi connectivity index (χ0n) is 14.6. The Labute approximate surface area is 163 Å². The highest BCUT2D eigenvalue weighted by atomic mass is 32.2. The smallest absolute Gasteiger partial charge is 0.309 e. The monoisotopic (exact) mass is 425 g/mol. The van der Waals surface area contributed by atoms with Crippen molar-refractivity contribution >= 4 is 21.6 Å². The second kappa shape index (κ2) is 7.76. The van der Waals surface area contributed by atoms with Gasteiger partial charge >= 0.3 is 6.18 Å². The highest BCUT2D eigenvalue weighted by Crippen LogP contribution is 2.36. The van der Waals surface area contributed by atoms with Gasteiger partial charge in [-0.1, -0.05) is 12.1 Å². The first-order valence-electron chi connectivity index (χ1n) is 8.30. The molecule has 152 valence electrons. The fraction of sp³-hybridized carbons (Fsp3) is 0.294. The van der Waals surface area contributed by atoms with Crippen molar-refractivity contribution in [1.82, 2.24) is 15.3 Å². The lowest BCUT2D eigenvalue weighted by molar-refractivity contribution is -0.139. The Morgan fingerprint density at radius 2 is 2.00 bits per heavy atom. The van der Waals surface area contributed by atoms with Crippen molar-refractivity contribution in [3.8, 4) is 6.07 Å². The van der Waals surface area contributed by atoms with Crippen molar-refractivity contribution in [2.24, 2.45) is 0 Å². The molecule has 1 fully saturated rings. The first-order valence-corrected chi connectivity index (χ1v) is 9.85. The Balaban J connectivity index is 1.77. The Morgan fingerprint density at radius 1 is 1.28 bits per heavy atom. The molecule has 3 rings (SSSR count). The summed E-state index contributed by atoms with van der Waals surface area (Å²) < 4.78 is 65.2. The number of halogens is 3. The summed E-state index contributed by atoms with van der Waals surface area (Å²) in [5, 5.41) is 12.7. The number of benzene rings is 1. The molecule has 1 saturated heterocycles. The predicted octanol–water partition coefficient (Wildman–Crippen LogP) is 1.51. The summed E-state index contributed by atoms with van der Waals surface area (Å²) in [6.07, 6.45) is -3.76. The molecule has 2 atom stereocenters. The summed E-state index contributed by atoms with van der Waals surface area (Å²) in [4.78, 5) is 19.0. The van der Waals surface area contributed by atoms with Gasteiger partial charge < -0.3 is 10.6 Å². The molecule has 1 aliphatic heterocycles. The molecule has 12 heteroatoms. The van der Waals surface area contributed by atoms with Gasteiger partial charge in [-0.3, -0.25) is 4.79 Å². The standard InChI is InChI=1S/C17H14F3N5O3S/c18-17(19,20)11-3-1-2-4-13(11)29(27,28)10-7-12(23-9-10)16(26)25-14-5-6-22-15(8-21)24-14/h1-6,10,12,23H,7,9H2,(H,22,24,25,26)/t10-,12-/m0/s1. The molecule has 0 bridgehead atoms. The Morgan fingerprint density at radius 3 is 2.69 bits per heavy atom. The number of carbonyl (C=O) groups excluding carboxylic acids is 1. The first kappa shape index (κ1) is 20.7. The SMILES string of the molecule is N#Cc1nccc(NC(=O)[C@@H]2C[C@H](S(=O)(=O)c3ccccc3C(F)(F)F)CN2)n1. The van der Waals surface area contributed by atoms with E-state index in [0.29, 0.717) is 6.07 Å². The number of sulfone groups is 1. The molecule has 2 N–H and O–H groups in total. The van der Waals surface area contributed by atoms with Crippen LogP contribution in [0.1, 0.15) is 17.8 Å². The van der Waals surface area contributed by atoms with Gasteiger partial charge in [-0.05, 0) is 24.6 Å². The van der Waals surface area contributed by atoms with Crippen LogP contribution in [-0.2, 0) is 20.8 Å². The van der Waals surface area contributed by atoms with E-state index in [0.717, 1.165) is 12.1 Å². The van der Waals surface area contributed by atoms with Crippen molar-refractivity contribution in [2.45, 2.75) is 28.8 Å². The Kier molecular flexibility index (Phi) is 5.54. The maximum Gasteiger partial charge on any atom is 0.417 e. The molecule has 1 aromatic carbocycles. The number of alkyl halides is 3. The fourth-order valence-electron chi connectivity index (χ4n) is 2.96. The maximum atomic E-state index is 13.2. The molecule has 2 heterocycles. The number of carbonyl (C=O) groups is 1. The molecule has 1 aromatic heterocycles. The largest absolute Gasteiger partial charge is 0.417 e. The summed E-state index contributed by atoms with van der Waals surface area (Å²) >= 11 is 0. The number of aromatic nitrogens is 2. The normalized spacial score (nSPS) is 19.5. The van der Waals surface area contributed by atoms with E-state index < -0.39 is 43.7 Å². The number of rotatable bonds is 4. The minimum Gasteiger partial charge on any atom is -0.309 e. The molecule has 0 radical (unpaired) electrons. The number of nitrogens with one attached hydrogen (secondary N) is 2. The number of amides is 1. The van der Waals surface area contributed by atoms with Crippen LogP contribution in [0, 0.1) is 11.3 Å². The van der Waals surface area contributed by atoms with E-state index >= 15 is 0 Å². The molecule has 0 aliphatic carbocycles. The lowest BCUT2D eigenvalue weighted by atomic mass is 10.2. The minimum atomic E-state index is -4.82. The third-order valence-electron chi connectivity index (χ3n) is 4.35. The van der Waals surface area contributed by atoms with Crippen LogP contribution in [0.2, 0.25) is 0 Å². The number of nitriles is 1. The Bertz CT molecular complexity index is 1080. The third-order valence-corrected chi connectivity index (χ3v) is 6.56. The van der Waals surface area contributed by atoms with Gasteiger partial charge in [-0.25, -0.2) is 18.4 Å². The molecular weight excluding hydrogens is 411 g/mol. The molecule has 29 heavy (non-hydrogen) atoms. The van der Waals surface area contributed by atoms with Gasteiger partial charge in [0, 0.05) is 12.7 Å². The number of hydrogen-bond donors (Lipinski definition) is 2. The summed E-state index contributed by atoms with van der Waals surface area (Å²) in [7, 11) is -4.33. The second-order valence-electron chi connectivity index (χ2n) is 6.22. The van der Waals surface area contributed by atoms with Gasteiger partial charge in [0.1, 0.15) is 11.9 Å². The quantitative estimate of drug-likeness (QED) is 0.761. The fourth-order valence-corrected chi connectivity index (χ4v) is 4.84. The second-order valence-corrected chi connectivity index (χ2v) is 8.42. The lowest BCUT2D eigenvalue weighted by Gasteiger charge is -2.16. The van der Waals surface area contributed by atoms with Gasteiger partial charge in [0.25, 0.3) is 0 Å². The first-order chi connectivity index (χ1) is 13.6. The van der Waals surface area contributed by atoms with Crippen molar-refractivity contribution in [2.75, 3.05) is 11.9 Å². The van der Waals surface area contributed by atoms with Crippen molar-refractivity contribution < 1.29 is 26.4 Å². The Hall–Kier alpha value is -3.04. The molecular formula is C17H14F3N5O3S. The van der Waals surface area contributed by atoms with Gasteiger partial charge in [0.15, 0.2) is 9.84 Å². The minimum absolute atomic E-state index is 0.0528.